The van der Waals surface area contributed by atoms with Crippen molar-refractivity contribution >= 4 is 28.5 Å². The molecule has 4 rings (SSSR count). The van der Waals surface area contributed by atoms with Crippen LogP contribution in [0, 0.1) is 0 Å². The quantitative estimate of drug-likeness (QED) is 0.461. The summed E-state index contributed by atoms with van der Waals surface area (Å²) in [5.74, 6) is 0.321. The molecule has 0 spiro atoms. The van der Waals surface area contributed by atoms with E-state index in [2.05, 4.69) is 15.6 Å². The van der Waals surface area contributed by atoms with E-state index in [0.717, 1.165) is 22.3 Å². The standard InChI is InChI=1S/C25H24N4O3/c1-17(30)27-23(18-7-13-21(32-2)14-8-18)15-25(31)28-19-9-11-20(12-10-19)29-16-26-22-5-3-4-6-24(22)29/h3-14,16,23H,15H2,1-2H3,(H,27,30)(H,28,31). The number of benzene rings is 3. The van der Waals surface area contributed by atoms with Crippen molar-refractivity contribution in [2.75, 3.05) is 12.4 Å². The van der Waals surface area contributed by atoms with E-state index in [-0.39, 0.29) is 18.2 Å². The second-order valence-electron chi connectivity index (χ2n) is 7.43. The number of para-hydroxylation sites is 2. The highest BCUT2D eigenvalue weighted by atomic mass is 16.5. The summed E-state index contributed by atoms with van der Waals surface area (Å²) < 4.78 is 7.18. The summed E-state index contributed by atoms with van der Waals surface area (Å²) >= 11 is 0. The van der Waals surface area contributed by atoms with Crippen LogP contribution in [-0.4, -0.2) is 28.5 Å². The molecular weight excluding hydrogens is 404 g/mol. The van der Waals surface area contributed by atoms with Crippen LogP contribution in [-0.2, 0) is 9.59 Å². The first kappa shape index (κ1) is 21.1. The lowest BCUT2D eigenvalue weighted by atomic mass is 10.0. The highest BCUT2D eigenvalue weighted by Crippen LogP contribution is 2.22. The summed E-state index contributed by atoms with van der Waals surface area (Å²) in [6.45, 7) is 1.44. The topological polar surface area (TPSA) is 85.2 Å². The molecule has 0 bridgehead atoms. The van der Waals surface area contributed by atoms with Gasteiger partial charge >= 0.3 is 0 Å². The molecule has 1 unspecified atom stereocenters. The van der Waals surface area contributed by atoms with E-state index in [1.54, 1.807) is 25.6 Å². The summed E-state index contributed by atoms with van der Waals surface area (Å²) in [5.41, 5.74) is 4.40. The van der Waals surface area contributed by atoms with E-state index >= 15 is 0 Å². The summed E-state index contributed by atoms with van der Waals surface area (Å²) in [6.07, 6.45) is 1.89. The van der Waals surface area contributed by atoms with Gasteiger partial charge in [-0.25, -0.2) is 4.98 Å². The van der Waals surface area contributed by atoms with Crippen molar-refractivity contribution in [1.82, 2.24) is 14.9 Å². The molecule has 2 N–H and O–H groups in total. The van der Waals surface area contributed by atoms with Crippen LogP contribution in [0.2, 0.25) is 0 Å². The number of nitrogens with one attached hydrogen (secondary N) is 2. The summed E-state index contributed by atoms with van der Waals surface area (Å²) in [6, 6.07) is 22.3. The lowest BCUT2D eigenvalue weighted by molar-refractivity contribution is -0.120. The van der Waals surface area contributed by atoms with Crippen LogP contribution >= 0.6 is 0 Å². The fraction of sp³-hybridized carbons (Fsp3) is 0.160. The minimum atomic E-state index is -0.435. The second kappa shape index (κ2) is 9.34. The van der Waals surface area contributed by atoms with Crippen LogP contribution in [0.5, 0.6) is 5.75 Å². The van der Waals surface area contributed by atoms with Gasteiger partial charge in [0.25, 0.3) is 0 Å². The number of rotatable bonds is 7. The Morgan fingerprint density at radius 3 is 2.41 bits per heavy atom. The zero-order valence-corrected chi connectivity index (χ0v) is 17.9. The monoisotopic (exact) mass is 428 g/mol. The average molecular weight is 428 g/mol. The molecule has 1 atom stereocenters. The van der Waals surface area contributed by atoms with Crippen LogP contribution in [0.4, 0.5) is 5.69 Å². The van der Waals surface area contributed by atoms with Gasteiger partial charge in [-0.3, -0.25) is 14.2 Å². The van der Waals surface area contributed by atoms with Crippen molar-refractivity contribution in [1.29, 1.82) is 0 Å². The number of carbonyl (C=O) groups excluding carboxylic acids is 2. The molecule has 0 fully saturated rings. The van der Waals surface area contributed by atoms with E-state index in [1.165, 1.54) is 6.92 Å². The SMILES string of the molecule is COc1ccc(C(CC(=O)Nc2ccc(-n3cnc4ccccc43)cc2)NC(C)=O)cc1. The molecular formula is C25H24N4O3. The molecule has 0 aliphatic heterocycles. The Morgan fingerprint density at radius 1 is 1.00 bits per heavy atom. The van der Waals surface area contributed by atoms with Gasteiger partial charge in [0.05, 0.1) is 30.6 Å². The Labute approximate surface area is 186 Å². The van der Waals surface area contributed by atoms with Crippen LogP contribution in [0.15, 0.2) is 79.1 Å². The van der Waals surface area contributed by atoms with Crippen LogP contribution < -0.4 is 15.4 Å². The van der Waals surface area contributed by atoms with Crippen LogP contribution in [0.25, 0.3) is 16.7 Å². The van der Waals surface area contributed by atoms with Crippen molar-refractivity contribution in [3.05, 3.63) is 84.7 Å². The number of imidazole rings is 1. The lowest BCUT2D eigenvalue weighted by Crippen LogP contribution is -2.29. The van der Waals surface area contributed by atoms with E-state index < -0.39 is 6.04 Å². The first-order chi connectivity index (χ1) is 15.5. The maximum Gasteiger partial charge on any atom is 0.226 e. The maximum absolute atomic E-state index is 12.7. The summed E-state index contributed by atoms with van der Waals surface area (Å²) in [7, 11) is 1.59. The van der Waals surface area contributed by atoms with Gasteiger partial charge in [0.1, 0.15) is 12.1 Å². The first-order valence-electron chi connectivity index (χ1n) is 10.3. The van der Waals surface area contributed by atoms with Crippen LogP contribution in [0.1, 0.15) is 24.9 Å². The third-order valence-electron chi connectivity index (χ3n) is 5.17. The Kier molecular flexibility index (Phi) is 6.17. The number of nitrogens with zero attached hydrogens (tertiary/aromatic N) is 2. The smallest absolute Gasteiger partial charge is 0.226 e. The molecule has 1 heterocycles. The van der Waals surface area contributed by atoms with Crippen LogP contribution in [0.3, 0.4) is 0 Å². The zero-order valence-electron chi connectivity index (χ0n) is 17.9. The Bertz CT molecular complexity index is 1230. The number of hydrogen-bond acceptors (Lipinski definition) is 4. The predicted octanol–water partition coefficient (Wildman–Crippen LogP) is 4.24. The third-order valence-corrected chi connectivity index (χ3v) is 5.17. The number of amides is 2. The molecule has 0 saturated heterocycles. The highest BCUT2D eigenvalue weighted by Gasteiger charge is 2.17. The van der Waals surface area contributed by atoms with E-state index in [9.17, 15) is 9.59 Å². The van der Waals surface area contributed by atoms with Gasteiger partial charge < -0.3 is 15.4 Å². The van der Waals surface area contributed by atoms with Crippen molar-refractivity contribution in [2.24, 2.45) is 0 Å². The zero-order chi connectivity index (χ0) is 22.5. The van der Waals surface area contributed by atoms with Gasteiger partial charge in [0, 0.05) is 18.3 Å². The molecule has 0 aliphatic rings. The molecule has 0 radical (unpaired) electrons. The Morgan fingerprint density at radius 2 is 1.72 bits per heavy atom. The fourth-order valence-electron chi connectivity index (χ4n) is 3.60. The van der Waals surface area contributed by atoms with Gasteiger partial charge in [0.15, 0.2) is 0 Å². The molecule has 7 nitrogen and oxygen atoms in total. The average Bonchev–Trinajstić information content (AvgIpc) is 3.23. The Hall–Kier alpha value is -4.13. The number of aromatic nitrogens is 2. The molecule has 2 amide bonds. The van der Waals surface area contributed by atoms with Crippen molar-refractivity contribution in [3.8, 4) is 11.4 Å². The summed E-state index contributed by atoms with van der Waals surface area (Å²) in [4.78, 5) is 28.8. The minimum absolute atomic E-state index is 0.111. The van der Waals surface area contributed by atoms with E-state index in [1.807, 2.05) is 65.2 Å². The van der Waals surface area contributed by atoms with Gasteiger partial charge in [0.2, 0.25) is 11.8 Å². The molecule has 4 aromatic rings. The van der Waals surface area contributed by atoms with Gasteiger partial charge in [-0.2, -0.15) is 0 Å². The first-order valence-corrected chi connectivity index (χ1v) is 10.3. The fourth-order valence-corrected chi connectivity index (χ4v) is 3.60. The van der Waals surface area contributed by atoms with Gasteiger partial charge in [-0.15, -0.1) is 0 Å². The molecule has 0 saturated carbocycles. The molecule has 162 valence electrons. The maximum atomic E-state index is 12.7. The van der Waals surface area contributed by atoms with Gasteiger partial charge in [-0.05, 0) is 54.1 Å². The van der Waals surface area contributed by atoms with Gasteiger partial charge in [-0.1, -0.05) is 24.3 Å². The molecule has 3 aromatic carbocycles. The molecule has 7 heteroatoms. The Balaban J connectivity index is 1.45. The van der Waals surface area contributed by atoms with Crippen molar-refractivity contribution < 1.29 is 14.3 Å². The molecule has 32 heavy (non-hydrogen) atoms. The number of carbonyl (C=O) groups is 2. The normalized spacial score (nSPS) is 11.7. The van der Waals surface area contributed by atoms with E-state index in [4.69, 9.17) is 4.74 Å². The number of hydrogen-bond donors (Lipinski definition) is 2. The minimum Gasteiger partial charge on any atom is -0.497 e. The van der Waals surface area contributed by atoms with Crippen molar-refractivity contribution in [2.45, 2.75) is 19.4 Å². The number of fused-ring (bicyclic) bond motifs is 1. The molecule has 0 aliphatic carbocycles. The lowest BCUT2D eigenvalue weighted by Gasteiger charge is -2.18. The summed E-state index contributed by atoms with van der Waals surface area (Å²) in [5, 5.41) is 5.75. The third kappa shape index (κ3) is 4.78. The number of anilines is 1. The predicted molar refractivity (Wildman–Crippen MR) is 124 cm³/mol. The largest absolute Gasteiger partial charge is 0.497 e. The van der Waals surface area contributed by atoms with Crippen molar-refractivity contribution in [3.63, 3.8) is 0 Å². The molecule has 1 aromatic heterocycles. The highest BCUT2D eigenvalue weighted by molar-refractivity contribution is 5.91. The number of ether oxygens (including phenoxy) is 1. The van der Waals surface area contributed by atoms with E-state index in [0.29, 0.717) is 11.4 Å². The second-order valence-corrected chi connectivity index (χ2v) is 7.43. The number of methoxy groups -OCH3 is 1.